The van der Waals surface area contributed by atoms with Gasteiger partial charge >= 0.3 is 6.18 Å². The summed E-state index contributed by atoms with van der Waals surface area (Å²) >= 11 is 1.15. The molecule has 1 aromatic heterocycles. The maximum Gasteiger partial charge on any atom is 0.416 e. The number of carbonyl (C=O) groups is 1. The van der Waals surface area contributed by atoms with Crippen LogP contribution in [0, 0.1) is 5.82 Å². The molecule has 1 heterocycles. The highest BCUT2D eigenvalue weighted by Crippen LogP contribution is 2.38. The topological polar surface area (TPSA) is 38.3 Å². The van der Waals surface area contributed by atoms with Gasteiger partial charge in [-0.05, 0) is 35.9 Å². The molecule has 0 fully saturated rings. The number of methoxy groups -OCH3 is 1. The van der Waals surface area contributed by atoms with Crippen molar-refractivity contribution in [1.82, 2.24) is 5.32 Å². The monoisotopic (exact) mass is 383 g/mol. The van der Waals surface area contributed by atoms with Gasteiger partial charge in [-0.3, -0.25) is 4.79 Å². The zero-order valence-corrected chi connectivity index (χ0v) is 14.3. The van der Waals surface area contributed by atoms with Crippen molar-refractivity contribution in [3.8, 4) is 5.75 Å². The first-order valence-electron chi connectivity index (χ1n) is 7.50. The van der Waals surface area contributed by atoms with Gasteiger partial charge in [-0.25, -0.2) is 4.39 Å². The fourth-order valence-corrected chi connectivity index (χ4v) is 3.54. The Morgan fingerprint density at radius 1 is 1.15 bits per heavy atom. The third kappa shape index (κ3) is 3.65. The first-order valence-corrected chi connectivity index (χ1v) is 8.31. The van der Waals surface area contributed by atoms with Crippen molar-refractivity contribution in [3.05, 3.63) is 64.3 Å². The lowest BCUT2D eigenvalue weighted by atomic mass is 10.1. The molecule has 26 heavy (non-hydrogen) atoms. The molecule has 0 atom stereocenters. The molecule has 3 aromatic rings. The minimum absolute atomic E-state index is 0.0583. The van der Waals surface area contributed by atoms with Crippen LogP contribution >= 0.6 is 11.3 Å². The molecule has 2 aromatic carbocycles. The fraction of sp³-hybridized carbons (Fsp3) is 0.167. The lowest BCUT2D eigenvalue weighted by molar-refractivity contribution is -0.137. The Balaban J connectivity index is 1.77. The molecule has 1 amide bonds. The zero-order chi connectivity index (χ0) is 18.9. The number of amides is 1. The number of nitrogens with one attached hydrogen (secondary N) is 1. The van der Waals surface area contributed by atoms with E-state index in [0.29, 0.717) is 15.6 Å². The van der Waals surface area contributed by atoms with Crippen LogP contribution in [0.4, 0.5) is 17.6 Å². The molecule has 0 radical (unpaired) electrons. The highest BCUT2D eigenvalue weighted by molar-refractivity contribution is 7.21. The van der Waals surface area contributed by atoms with E-state index in [1.54, 1.807) is 6.07 Å². The molecule has 1 N–H and O–H groups in total. The van der Waals surface area contributed by atoms with E-state index in [1.165, 1.54) is 31.4 Å². The summed E-state index contributed by atoms with van der Waals surface area (Å²) in [4.78, 5) is 12.7. The largest absolute Gasteiger partial charge is 0.494 e. The Morgan fingerprint density at radius 3 is 2.46 bits per heavy atom. The second kappa shape index (κ2) is 6.95. The standard InChI is InChI=1S/C18H13F4NO2S/c1-25-15-13-8-12(19)6-7-14(13)26-16(15)17(24)23-9-10-2-4-11(5-3-10)18(20,21)22/h2-8H,9H2,1H3,(H,23,24). The van der Waals surface area contributed by atoms with Crippen molar-refractivity contribution >= 4 is 27.3 Å². The van der Waals surface area contributed by atoms with Gasteiger partial charge in [0.15, 0.2) is 0 Å². The molecular formula is C18H13F4NO2S. The summed E-state index contributed by atoms with van der Waals surface area (Å²) in [7, 11) is 1.39. The average Bonchev–Trinajstić information content (AvgIpc) is 2.97. The second-order valence-electron chi connectivity index (χ2n) is 5.48. The summed E-state index contributed by atoms with van der Waals surface area (Å²) < 4.78 is 57.0. The molecule has 136 valence electrons. The summed E-state index contributed by atoms with van der Waals surface area (Å²) in [6, 6.07) is 8.68. The number of alkyl halides is 3. The van der Waals surface area contributed by atoms with Crippen LogP contribution in [0.5, 0.6) is 5.75 Å². The van der Waals surface area contributed by atoms with Crippen LogP contribution in [0.3, 0.4) is 0 Å². The van der Waals surface area contributed by atoms with Crippen molar-refractivity contribution in [2.75, 3.05) is 7.11 Å². The van der Waals surface area contributed by atoms with Crippen molar-refractivity contribution in [1.29, 1.82) is 0 Å². The Morgan fingerprint density at radius 2 is 1.85 bits per heavy atom. The van der Waals surface area contributed by atoms with Gasteiger partial charge in [-0.15, -0.1) is 11.3 Å². The number of halogens is 4. The number of rotatable bonds is 4. The predicted molar refractivity (Wildman–Crippen MR) is 90.9 cm³/mol. The lowest BCUT2D eigenvalue weighted by Crippen LogP contribution is -2.22. The van der Waals surface area contributed by atoms with Gasteiger partial charge in [0, 0.05) is 16.6 Å². The van der Waals surface area contributed by atoms with Gasteiger partial charge in [0.1, 0.15) is 16.4 Å². The number of fused-ring (bicyclic) bond motifs is 1. The molecule has 3 rings (SSSR count). The van der Waals surface area contributed by atoms with Gasteiger partial charge in [0.25, 0.3) is 5.91 Å². The summed E-state index contributed by atoms with van der Waals surface area (Å²) in [6.07, 6.45) is -4.40. The number of ether oxygens (including phenoxy) is 1. The van der Waals surface area contributed by atoms with E-state index < -0.39 is 23.5 Å². The highest BCUT2D eigenvalue weighted by Gasteiger charge is 2.30. The van der Waals surface area contributed by atoms with Crippen molar-refractivity contribution in [3.63, 3.8) is 0 Å². The normalized spacial score (nSPS) is 11.6. The number of carbonyl (C=O) groups excluding carboxylic acids is 1. The van der Waals surface area contributed by atoms with E-state index in [-0.39, 0.29) is 17.2 Å². The Labute approximate surface area is 150 Å². The number of hydrogen-bond acceptors (Lipinski definition) is 3. The molecule has 0 aliphatic carbocycles. The zero-order valence-electron chi connectivity index (χ0n) is 13.5. The average molecular weight is 383 g/mol. The van der Waals surface area contributed by atoms with Crippen molar-refractivity contribution in [2.24, 2.45) is 0 Å². The van der Waals surface area contributed by atoms with E-state index in [4.69, 9.17) is 4.74 Å². The summed E-state index contributed by atoms with van der Waals surface area (Å²) in [5, 5.41) is 3.14. The maximum atomic E-state index is 13.4. The smallest absolute Gasteiger partial charge is 0.416 e. The van der Waals surface area contributed by atoms with Crippen molar-refractivity contribution < 1.29 is 27.1 Å². The lowest BCUT2D eigenvalue weighted by Gasteiger charge is -2.09. The molecule has 0 saturated carbocycles. The third-order valence-electron chi connectivity index (χ3n) is 3.75. The molecule has 3 nitrogen and oxygen atoms in total. The molecular weight excluding hydrogens is 370 g/mol. The van der Waals surface area contributed by atoms with Gasteiger partial charge in [0.05, 0.1) is 12.7 Å². The van der Waals surface area contributed by atoms with Crippen molar-refractivity contribution in [2.45, 2.75) is 12.7 Å². The number of thiophene rings is 1. The fourth-order valence-electron chi connectivity index (χ4n) is 2.47. The summed E-state index contributed by atoms with van der Waals surface area (Å²) in [6.45, 7) is 0.0583. The van der Waals surface area contributed by atoms with Gasteiger partial charge in [-0.1, -0.05) is 12.1 Å². The molecule has 0 spiro atoms. The van der Waals surface area contributed by atoms with E-state index in [1.807, 2.05) is 0 Å². The highest BCUT2D eigenvalue weighted by atomic mass is 32.1. The maximum absolute atomic E-state index is 13.4. The van der Waals surface area contributed by atoms with Crippen LogP contribution in [0.15, 0.2) is 42.5 Å². The minimum Gasteiger partial charge on any atom is -0.494 e. The van der Waals surface area contributed by atoms with E-state index in [9.17, 15) is 22.4 Å². The first-order chi connectivity index (χ1) is 12.3. The molecule has 0 aliphatic rings. The van der Waals surface area contributed by atoms with Crippen LogP contribution in [-0.2, 0) is 12.7 Å². The van der Waals surface area contributed by atoms with E-state index in [2.05, 4.69) is 5.32 Å². The number of hydrogen-bond donors (Lipinski definition) is 1. The molecule has 0 bridgehead atoms. The second-order valence-corrected chi connectivity index (χ2v) is 6.53. The molecule has 0 saturated heterocycles. The van der Waals surface area contributed by atoms with Crippen LogP contribution in [0.25, 0.3) is 10.1 Å². The van der Waals surface area contributed by atoms with Gasteiger partial charge < -0.3 is 10.1 Å². The Bertz CT molecular complexity index is 948. The van der Waals surface area contributed by atoms with Crippen LogP contribution in [0.2, 0.25) is 0 Å². The molecule has 8 heteroatoms. The summed E-state index contributed by atoms with van der Waals surface area (Å²) in [5.74, 6) is -0.608. The Hall–Kier alpha value is -2.61. The Kier molecular flexibility index (Phi) is 4.86. The molecule has 0 aliphatic heterocycles. The minimum atomic E-state index is -4.40. The predicted octanol–water partition coefficient (Wildman–Crippen LogP) is 5.00. The van der Waals surface area contributed by atoms with Crippen LogP contribution < -0.4 is 10.1 Å². The summed E-state index contributed by atoms with van der Waals surface area (Å²) in [5.41, 5.74) is -0.224. The first kappa shape index (κ1) is 18.2. The van der Waals surface area contributed by atoms with Crippen LogP contribution in [-0.4, -0.2) is 13.0 Å². The molecule has 0 unspecified atom stereocenters. The SMILES string of the molecule is COc1c(C(=O)NCc2ccc(C(F)(F)F)cc2)sc2ccc(F)cc12. The quantitative estimate of drug-likeness (QED) is 0.644. The van der Waals surface area contributed by atoms with Gasteiger partial charge in [0.2, 0.25) is 0 Å². The van der Waals surface area contributed by atoms with E-state index in [0.717, 1.165) is 23.5 Å². The number of benzene rings is 2. The van der Waals surface area contributed by atoms with E-state index >= 15 is 0 Å². The van der Waals surface area contributed by atoms with Gasteiger partial charge in [-0.2, -0.15) is 13.2 Å². The third-order valence-corrected chi connectivity index (χ3v) is 4.90. The van der Waals surface area contributed by atoms with Crippen LogP contribution in [0.1, 0.15) is 20.8 Å².